The van der Waals surface area contributed by atoms with Crippen molar-refractivity contribution in [1.29, 1.82) is 0 Å². The van der Waals surface area contributed by atoms with Crippen molar-refractivity contribution in [2.75, 3.05) is 0 Å². The normalized spacial score (nSPS) is 11.4. The maximum atomic E-state index is 13.2. The molecule has 0 bridgehead atoms. The highest BCUT2D eigenvalue weighted by Crippen LogP contribution is 2.34. The van der Waals surface area contributed by atoms with Gasteiger partial charge in [-0.05, 0) is 23.8 Å². The molecule has 2 nitrogen and oxygen atoms in total. The second-order valence-corrected chi connectivity index (χ2v) is 3.71. The molecule has 0 aliphatic heterocycles. The highest BCUT2D eigenvalue weighted by Gasteiger charge is 2.32. The van der Waals surface area contributed by atoms with Gasteiger partial charge in [0.25, 0.3) is 0 Å². The molecule has 0 aromatic heterocycles. The zero-order chi connectivity index (χ0) is 14.0. The van der Waals surface area contributed by atoms with E-state index in [1.165, 1.54) is 24.3 Å². The summed E-state index contributed by atoms with van der Waals surface area (Å²) in [5.41, 5.74) is 0.258. The van der Waals surface area contributed by atoms with Gasteiger partial charge in [-0.2, -0.15) is 0 Å². The van der Waals surface area contributed by atoms with Crippen molar-refractivity contribution >= 4 is 0 Å². The lowest BCUT2D eigenvalue weighted by Crippen LogP contribution is -2.17. The molecule has 19 heavy (non-hydrogen) atoms. The summed E-state index contributed by atoms with van der Waals surface area (Å²) in [6.45, 7) is 0. The molecular weight excluding hydrogens is 264 g/mol. The molecular formula is C13H8F4O2. The van der Waals surface area contributed by atoms with Crippen LogP contribution in [-0.4, -0.2) is 11.5 Å². The number of rotatable bonds is 2. The molecule has 0 fully saturated rings. The Hall–Kier alpha value is -2.24. The molecule has 6 heteroatoms. The summed E-state index contributed by atoms with van der Waals surface area (Å²) in [5, 5.41) is 9.06. The monoisotopic (exact) mass is 272 g/mol. The second kappa shape index (κ2) is 4.79. The first-order chi connectivity index (χ1) is 8.87. The van der Waals surface area contributed by atoms with Gasteiger partial charge in [0.15, 0.2) is 11.6 Å². The number of benzene rings is 2. The maximum absolute atomic E-state index is 13.2. The standard InChI is InChI=1S/C13H8F4O2/c14-10-7-8(5-6-11(10)18)9-3-1-2-4-12(9)19-13(15,16)17/h1-7,18H. The van der Waals surface area contributed by atoms with Gasteiger partial charge in [-0.3, -0.25) is 0 Å². The van der Waals surface area contributed by atoms with E-state index in [0.717, 1.165) is 18.2 Å². The molecule has 0 atom stereocenters. The van der Waals surface area contributed by atoms with Crippen molar-refractivity contribution in [1.82, 2.24) is 0 Å². The quantitative estimate of drug-likeness (QED) is 0.834. The number of halogens is 4. The van der Waals surface area contributed by atoms with Crippen LogP contribution in [0.3, 0.4) is 0 Å². The molecule has 0 saturated carbocycles. The van der Waals surface area contributed by atoms with Crippen LogP contribution in [0.15, 0.2) is 42.5 Å². The van der Waals surface area contributed by atoms with Crippen molar-refractivity contribution in [3.8, 4) is 22.6 Å². The highest BCUT2D eigenvalue weighted by molar-refractivity contribution is 5.71. The van der Waals surface area contributed by atoms with Gasteiger partial charge >= 0.3 is 6.36 Å². The molecule has 2 aromatic rings. The van der Waals surface area contributed by atoms with E-state index < -0.39 is 23.7 Å². The lowest BCUT2D eigenvalue weighted by atomic mass is 10.0. The van der Waals surface area contributed by atoms with Gasteiger partial charge in [0.05, 0.1) is 0 Å². The molecule has 2 aromatic carbocycles. The van der Waals surface area contributed by atoms with Crippen LogP contribution in [0, 0.1) is 5.82 Å². The minimum absolute atomic E-state index is 0.0822. The van der Waals surface area contributed by atoms with Gasteiger partial charge in [0.1, 0.15) is 5.75 Å². The van der Waals surface area contributed by atoms with Crippen LogP contribution in [0.4, 0.5) is 17.6 Å². The molecule has 0 saturated heterocycles. The number of hydrogen-bond donors (Lipinski definition) is 1. The maximum Gasteiger partial charge on any atom is 0.573 e. The van der Waals surface area contributed by atoms with Crippen molar-refractivity contribution in [2.24, 2.45) is 0 Å². The van der Waals surface area contributed by atoms with Crippen LogP contribution < -0.4 is 4.74 Å². The molecule has 2 rings (SSSR count). The van der Waals surface area contributed by atoms with Gasteiger partial charge in [0, 0.05) is 5.56 Å². The second-order valence-electron chi connectivity index (χ2n) is 3.71. The molecule has 0 radical (unpaired) electrons. The van der Waals surface area contributed by atoms with E-state index in [4.69, 9.17) is 5.11 Å². The summed E-state index contributed by atoms with van der Waals surface area (Å²) < 4.78 is 53.8. The average Bonchev–Trinajstić information content (AvgIpc) is 2.31. The van der Waals surface area contributed by atoms with E-state index >= 15 is 0 Å². The zero-order valence-electron chi connectivity index (χ0n) is 9.41. The Morgan fingerprint density at radius 3 is 2.32 bits per heavy atom. The fourth-order valence-electron chi connectivity index (χ4n) is 1.59. The minimum atomic E-state index is -4.83. The zero-order valence-corrected chi connectivity index (χ0v) is 9.41. The number of para-hydroxylation sites is 1. The lowest BCUT2D eigenvalue weighted by molar-refractivity contribution is -0.274. The minimum Gasteiger partial charge on any atom is -0.505 e. The number of ether oxygens (including phenoxy) is 1. The Bertz CT molecular complexity index is 593. The summed E-state index contributed by atoms with van der Waals surface area (Å²) in [6, 6.07) is 8.69. The van der Waals surface area contributed by atoms with E-state index in [2.05, 4.69) is 4.74 Å². The summed E-state index contributed by atoms with van der Waals surface area (Å²) in [5.74, 6) is -1.92. The van der Waals surface area contributed by atoms with Crippen molar-refractivity contribution < 1.29 is 27.4 Å². The number of phenolic OH excluding ortho intramolecular Hbond substituents is 1. The van der Waals surface area contributed by atoms with Crippen molar-refractivity contribution in [3.05, 3.63) is 48.3 Å². The molecule has 0 aliphatic rings. The van der Waals surface area contributed by atoms with E-state index in [1.807, 2.05) is 0 Å². The molecule has 0 spiro atoms. The van der Waals surface area contributed by atoms with Gasteiger partial charge < -0.3 is 9.84 Å². The predicted molar refractivity (Wildman–Crippen MR) is 60.2 cm³/mol. The highest BCUT2D eigenvalue weighted by atomic mass is 19.4. The molecule has 0 aliphatic carbocycles. The summed E-state index contributed by atoms with van der Waals surface area (Å²) >= 11 is 0. The first-order valence-corrected chi connectivity index (χ1v) is 5.20. The van der Waals surface area contributed by atoms with E-state index in [-0.39, 0.29) is 11.1 Å². The first-order valence-electron chi connectivity index (χ1n) is 5.20. The smallest absolute Gasteiger partial charge is 0.505 e. The Balaban J connectivity index is 2.47. The number of aromatic hydroxyl groups is 1. The number of alkyl halides is 3. The summed E-state index contributed by atoms with van der Waals surface area (Å²) in [7, 11) is 0. The van der Waals surface area contributed by atoms with Crippen LogP contribution in [0.2, 0.25) is 0 Å². The first kappa shape index (κ1) is 13.2. The fourth-order valence-corrected chi connectivity index (χ4v) is 1.59. The Morgan fingerprint density at radius 1 is 1.00 bits per heavy atom. The molecule has 0 heterocycles. The van der Waals surface area contributed by atoms with E-state index in [1.54, 1.807) is 0 Å². The fraction of sp³-hybridized carbons (Fsp3) is 0.0769. The van der Waals surface area contributed by atoms with Crippen LogP contribution >= 0.6 is 0 Å². The lowest BCUT2D eigenvalue weighted by Gasteiger charge is -2.13. The van der Waals surface area contributed by atoms with Crippen LogP contribution in [-0.2, 0) is 0 Å². The third kappa shape index (κ3) is 3.15. The van der Waals surface area contributed by atoms with E-state index in [9.17, 15) is 17.6 Å². The largest absolute Gasteiger partial charge is 0.573 e. The molecule has 100 valence electrons. The molecule has 1 N–H and O–H groups in total. The van der Waals surface area contributed by atoms with Crippen molar-refractivity contribution in [2.45, 2.75) is 6.36 Å². The number of hydrogen-bond acceptors (Lipinski definition) is 2. The van der Waals surface area contributed by atoms with Crippen LogP contribution in [0.25, 0.3) is 11.1 Å². The average molecular weight is 272 g/mol. The number of phenols is 1. The summed E-state index contributed by atoms with van der Waals surface area (Å²) in [6.07, 6.45) is -4.83. The SMILES string of the molecule is Oc1ccc(-c2ccccc2OC(F)(F)F)cc1F. The molecule has 0 unspecified atom stereocenters. The third-order valence-electron chi connectivity index (χ3n) is 2.37. The van der Waals surface area contributed by atoms with Gasteiger partial charge in [-0.25, -0.2) is 4.39 Å². The Morgan fingerprint density at radius 2 is 1.68 bits per heavy atom. The van der Waals surface area contributed by atoms with Crippen LogP contribution in [0.5, 0.6) is 11.5 Å². The van der Waals surface area contributed by atoms with E-state index in [0.29, 0.717) is 0 Å². The van der Waals surface area contributed by atoms with Gasteiger partial charge in [-0.1, -0.05) is 24.3 Å². The Labute approximate surface area is 105 Å². The third-order valence-corrected chi connectivity index (χ3v) is 2.37. The topological polar surface area (TPSA) is 29.5 Å². The van der Waals surface area contributed by atoms with Gasteiger partial charge in [-0.15, -0.1) is 13.2 Å². The van der Waals surface area contributed by atoms with Crippen LogP contribution in [0.1, 0.15) is 0 Å². The Kier molecular flexibility index (Phi) is 3.33. The summed E-state index contributed by atoms with van der Waals surface area (Å²) in [4.78, 5) is 0. The van der Waals surface area contributed by atoms with Gasteiger partial charge in [0.2, 0.25) is 0 Å². The predicted octanol–water partition coefficient (Wildman–Crippen LogP) is 4.10. The van der Waals surface area contributed by atoms with Crippen molar-refractivity contribution in [3.63, 3.8) is 0 Å². The molecule has 0 amide bonds.